The second kappa shape index (κ2) is 9.94. The first-order valence-electron chi connectivity index (χ1n) is 11.9. The summed E-state index contributed by atoms with van der Waals surface area (Å²) in [4.78, 5) is 39.3. The zero-order valence-corrected chi connectivity index (χ0v) is 20.4. The molecule has 186 valence electrons. The van der Waals surface area contributed by atoms with E-state index in [1.807, 2.05) is 25.1 Å². The summed E-state index contributed by atoms with van der Waals surface area (Å²) >= 11 is 6.72. The van der Waals surface area contributed by atoms with E-state index in [4.69, 9.17) is 21.1 Å². The van der Waals surface area contributed by atoms with Gasteiger partial charge in [-0.25, -0.2) is 9.78 Å². The summed E-state index contributed by atoms with van der Waals surface area (Å²) in [6.07, 6.45) is 4.96. The molecule has 0 spiro atoms. The van der Waals surface area contributed by atoms with Crippen molar-refractivity contribution in [2.45, 2.75) is 63.0 Å². The average molecular weight is 501 g/mol. The van der Waals surface area contributed by atoms with Crippen LogP contribution in [0.15, 0.2) is 30.6 Å². The molecule has 11 heteroatoms. The summed E-state index contributed by atoms with van der Waals surface area (Å²) < 4.78 is 11.1. The SMILES string of the molecule is C[C@H](Nc1ncc2c(n1)N(C)C(=O)OC2)C1CC2CC(Cl)C(OCc3ccccn3)CC2NC1=O. The van der Waals surface area contributed by atoms with Gasteiger partial charge >= 0.3 is 6.09 Å². The van der Waals surface area contributed by atoms with Crippen molar-refractivity contribution in [2.75, 3.05) is 17.3 Å². The first-order valence-corrected chi connectivity index (χ1v) is 12.3. The third-order valence-electron chi connectivity index (χ3n) is 7.12. The molecule has 2 aromatic heterocycles. The highest BCUT2D eigenvalue weighted by molar-refractivity contribution is 6.21. The highest BCUT2D eigenvalue weighted by Crippen LogP contribution is 2.38. The van der Waals surface area contributed by atoms with Crippen LogP contribution < -0.4 is 15.5 Å². The molecule has 5 rings (SSSR count). The second-order valence-electron chi connectivity index (χ2n) is 9.46. The van der Waals surface area contributed by atoms with Crippen LogP contribution >= 0.6 is 11.6 Å². The summed E-state index contributed by atoms with van der Waals surface area (Å²) in [7, 11) is 1.61. The molecule has 1 saturated carbocycles. The second-order valence-corrected chi connectivity index (χ2v) is 10.0. The number of hydrogen-bond acceptors (Lipinski definition) is 8. The third-order valence-corrected chi connectivity index (χ3v) is 7.58. The average Bonchev–Trinajstić information content (AvgIpc) is 2.86. The van der Waals surface area contributed by atoms with Crippen LogP contribution in [0.25, 0.3) is 0 Å². The van der Waals surface area contributed by atoms with Gasteiger partial charge < -0.3 is 20.1 Å². The van der Waals surface area contributed by atoms with Gasteiger partial charge in [-0.15, -0.1) is 11.6 Å². The molecule has 0 bridgehead atoms. The van der Waals surface area contributed by atoms with Gasteiger partial charge in [0.2, 0.25) is 11.9 Å². The molecule has 1 aliphatic carbocycles. The monoisotopic (exact) mass is 500 g/mol. The lowest BCUT2D eigenvalue weighted by Crippen LogP contribution is -2.57. The van der Waals surface area contributed by atoms with E-state index >= 15 is 0 Å². The quantitative estimate of drug-likeness (QED) is 0.581. The molecule has 2 aromatic rings. The number of piperidine rings is 1. The fourth-order valence-corrected chi connectivity index (χ4v) is 5.53. The molecule has 10 nitrogen and oxygen atoms in total. The largest absolute Gasteiger partial charge is 0.444 e. The summed E-state index contributed by atoms with van der Waals surface area (Å²) in [6.45, 7) is 2.50. The molecule has 2 amide bonds. The standard InChI is InChI=1S/C24H29ClN6O4/c1-13(28-23-27-10-15-11-35-24(33)31(2)21(15)30-23)17-7-14-8-18(25)20(9-19(14)29-22(17)32)34-12-16-5-3-4-6-26-16/h3-6,10,13-14,17-20H,7-9,11-12H2,1-2H3,(H,29,32)(H,27,28,30)/t13-,14?,17?,18?,19?,20?/m0/s1. The number of fused-ring (bicyclic) bond motifs is 2. The van der Waals surface area contributed by atoms with Gasteiger partial charge in [0.05, 0.1) is 35.3 Å². The Hall–Kier alpha value is -2.98. The van der Waals surface area contributed by atoms with Crippen molar-refractivity contribution in [1.29, 1.82) is 0 Å². The van der Waals surface area contributed by atoms with Crippen molar-refractivity contribution in [2.24, 2.45) is 11.8 Å². The van der Waals surface area contributed by atoms with Crippen LogP contribution in [0.3, 0.4) is 0 Å². The van der Waals surface area contributed by atoms with Crippen molar-refractivity contribution in [3.05, 3.63) is 41.9 Å². The van der Waals surface area contributed by atoms with Gasteiger partial charge in [-0.1, -0.05) is 6.07 Å². The van der Waals surface area contributed by atoms with Crippen LogP contribution in [0.5, 0.6) is 0 Å². The van der Waals surface area contributed by atoms with Gasteiger partial charge in [-0.3, -0.25) is 14.7 Å². The molecule has 5 unspecified atom stereocenters. The number of nitrogens with one attached hydrogen (secondary N) is 2. The maximum absolute atomic E-state index is 13.0. The topological polar surface area (TPSA) is 119 Å². The first kappa shape index (κ1) is 23.7. The zero-order valence-electron chi connectivity index (χ0n) is 19.7. The minimum atomic E-state index is -0.455. The lowest BCUT2D eigenvalue weighted by Gasteiger charge is -2.45. The number of pyridine rings is 1. The van der Waals surface area contributed by atoms with Crippen LogP contribution in [0.1, 0.15) is 37.4 Å². The number of carbonyl (C=O) groups is 2. The summed E-state index contributed by atoms with van der Waals surface area (Å²) in [6, 6.07) is 5.55. The van der Waals surface area contributed by atoms with E-state index in [-0.39, 0.29) is 47.9 Å². The number of carbonyl (C=O) groups excluding carboxylic acids is 2. The van der Waals surface area contributed by atoms with Gasteiger partial charge in [-0.2, -0.15) is 4.98 Å². The number of cyclic esters (lactones) is 1. The third kappa shape index (κ3) is 5.04. The van der Waals surface area contributed by atoms with E-state index in [2.05, 4.69) is 25.6 Å². The van der Waals surface area contributed by atoms with E-state index in [0.717, 1.165) is 24.1 Å². The number of rotatable bonds is 6. The Morgan fingerprint density at radius 3 is 2.94 bits per heavy atom. The Morgan fingerprint density at radius 1 is 1.29 bits per heavy atom. The minimum Gasteiger partial charge on any atom is -0.444 e. The Kier molecular flexibility index (Phi) is 6.75. The molecular formula is C24H29ClN6O4. The van der Waals surface area contributed by atoms with Crippen LogP contribution in [0.4, 0.5) is 16.6 Å². The van der Waals surface area contributed by atoms with E-state index in [1.54, 1.807) is 19.4 Å². The predicted octanol–water partition coefficient (Wildman–Crippen LogP) is 2.87. The molecule has 1 saturated heterocycles. The fraction of sp³-hybridized carbons (Fsp3) is 0.542. The molecule has 6 atom stereocenters. The van der Waals surface area contributed by atoms with Gasteiger partial charge in [-0.05, 0) is 44.2 Å². The number of aromatic nitrogens is 3. The van der Waals surface area contributed by atoms with Gasteiger partial charge in [0.15, 0.2) is 0 Å². The summed E-state index contributed by atoms with van der Waals surface area (Å²) in [5.41, 5.74) is 1.59. The number of alkyl halides is 1. The van der Waals surface area contributed by atoms with E-state index in [0.29, 0.717) is 24.8 Å². The van der Waals surface area contributed by atoms with Crippen LogP contribution in [-0.4, -0.2) is 57.6 Å². The van der Waals surface area contributed by atoms with Gasteiger partial charge in [0.25, 0.3) is 0 Å². The van der Waals surface area contributed by atoms with Crippen LogP contribution in [0, 0.1) is 11.8 Å². The molecule has 0 radical (unpaired) electrons. The number of amides is 2. The van der Waals surface area contributed by atoms with Gasteiger partial charge in [0, 0.05) is 31.5 Å². The van der Waals surface area contributed by atoms with Crippen LogP contribution in [-0.2, 0) is 27.5 Å². The van der Waals surface area contributed by atoms with Gasteiger partial charge in [0.1, 0.15) is 12.4 Å². The molecule has 2 fully saturated rings. The number of nitrogens with zero attached hydrogens (tertiary/aromatic N) is 4. The maximum Gasteiger partial charge on any atom is 0.415 e. The first-order chi connectivity index (χ1) is 16.9. The number of hydrogen-bond donors (Lipinski definition) is 2. The zero-order chi connectivity index (χ0) is 24.5. The molecule has 4 heterocycles. The fourth-order valence-electron chi connectivity index (χ4n) is 5.12. The highest BCUT2D eigenvalue weighted by atomic mass is 35.5. The van der Waals surface area contributed by atoms with Crippen molar-refractivity contribution in [1.82, 2.24) is 20.3 Å². The van der Waals surface area contributed by atoms with Crippen molar-refractivity contribution >= 4 is 35.4 Å². The van der Waals surface area contributed by atoms with Crippen LogP contribution in [0.2, 0.25) is 0 Å². The molecular weight excluding hydrogens is 472 g/mol. The Bertz CT molecular complexity index is 1090. The normalized spacial score (nSPS) is 28.9. The molecule has 2 aliphatic heterocycles. The van der Waals surface area contributed by atoms with Crippen molar-refractivity contribution < 1.29 is 19.1 Å². The van der Waals surface area contributed by atoms with E-state index in [1.165, 1.54) is 4.90 Å². The maximum atomic E-state index is 13.0. The summed E-state index contributed by atoms with van der Waals surface area (Å²) in [5.74, 6) is 0.891. The predicted molar refractivity (Wildman–Crippen MR) is 129 cm³/mol. The van der Waals surface area contributed by atoms with E-state index in [9.17, 15) is 9.59 Å². The Labute approximate surface area is 208 Å². The molecule has 2 N–H and O–H groups in total. The highest BCUT2D eigenvalue weighted by Gasteiger charge is 2.44. The minimum absolute atomic E-state index is 0.00130. The van der Waals surface area contributed by atoms with Crippen molar-refractivity contribution in [3.8, 4) is 0 Å². The molecule has 35 heavy (non-hydrogen) atoms. The lowest BCUT2D eigenvalue weighted by atomic mass is 9.73. The Morgan fingerprint density at radius 2 is 2.14 bits per heavy atom. The summed E-state index contributed by atoms with van der Waals surface area (Å²) in [5, 5.41) is 6.33. The lowest BCUT2D eigenvalue weighted by molar-refractivity contribution is -0.131. The van der Waals surface area contributed by atoms with Crippen molar-refractivity contribution in [3.63, 3.8) is 0 Å². The molecule has 0 aromatic carbocycles. The smallest absolute Gasteiger partial charge is 0.415 e. The number of halogens is 1. The number of anilines is 2. The molecule has 3 aliphatic rings. The number of ether oxygens (including phenoxy) is 2. The van der Waals surface area contributed by atoms with E-state index < -0.39 is 6.09 Å². The Balaban J connectivity index is 1.20.